The van der Waals surface area contributed by atoms with Crippen molar-refractivity contribution < 1.29 is 9.53 Å². The molecule has 1 saturated heterocycles. The minimum Gasteiger partial charge on any atom is -0.465 e. The van der Waals surface area contributed by atoms with Crippen molar-refractivity contribution in [2.45, 2.75) is 38.6 Å². The molecule has 1 aromatic carbocycles. The van der Waals surface area contributed by atoms with E-state index in [0.717, 1.165) is 23.6 Å². The minimum atomic E-state index is -0.469. The topological polar surface area (TPSA) is 77.2 Å². The van der Waals surface area contributed by atoms with E-state index < -0.39 is 5.97 Å². The maximum atomic E-state index is 11.9. The first-order valence-corrected chi connectivity index (χ1v) is 9.45. The summed E-state index contributed by atoms with van der Waals surface area (Å²) in [6.45, 7) is 8.05. The Bertz CT molecular complexity index is 885. The number of nitrogens with two attached hydrogens (primary N) is 1. The highest BCUT2D eigenvalue weighted by Gasteiger charge is 2.65. The lowest BCUT2D eigenvalue weighted by Gasteiger charge is -2.35. The molecule has 27 heavy (non-hydrogen) atoms. The van der Waals surface area contributed by atoms with Crippen LogP contribution in [-0.2, 0) is 10.2 Å². The van der Waals surface area contributed by atoms with Crippen molar-refractivity contribution in [2.24, 2.45) is 11.3 Å². The fourth-order valence-electron chi connectivity index (χ4n) is 4.88. The average molecular weight is 365 g/mol. The highest BCUT2D eigenvalue weighted by molar-refractivity contribution is 5.95. The number of methoxy groups -OCH3 is 1. The van der Waals surface area contributed by atoms with Gasteiger partial charge in [0.25, 0.3) is 0 Å². The molecule has 1 aliphatic heterocycles. The number of fused-ring (bicyclic) bond motifs is 1. The van der Waals surface area contributed by atoms with Gasteiger partial charge in [-0.05, 0) is 41.5 Å². The van der Waals surface area contributed by atoms with Crippen molar-refractivity contribution in [3.63, 3.8) is 0 Å². The van der Waals surface area contributed by atoms with E-state index in [9.17, 15) is 4.79 Å². The third kappa shape index (κ3) is 2.81. The van der Waals surface area contributed by atoms with Crippen LogP contribution in [0.4, 0.5) is 5.82 Å². The number of aromatic nitrogens is 1. The third-order valence-electron chi connectivity index (χ3n) is 6.18. The smallest absolute Gasteiger partial charge is 0.341 e. The number of nitrogens with one attached hydrogen (secondary N) is 1. The van der Waals surface area contributed by atoms with Crippen LogP contribution in [0.5, 0.6) is 0 Å². The number of ether oxygens (including phenoxy) is 1. The van der Waals surface area contributed by atoms with E-state index in [1.165, 1.54) is 19.1 Å². The summed E-state index contributed by atoms with van der Waals surface area (Å²) in [5.74, 6) is 0.451. The number of esters is 1. The zero-order valence-electron chi connectivity index (χ0n) is 16.4. The second-order valence-electron chi connectivity index (χ2n) is 8.87. The van der Waals surface area contributed by atoms with E-state index in [1.807, 2.05) is 0 Å². The summed E-state index contributed by atoms with van der Waals surface area (Å²) in [6, 6.07) is 10.9. The van der Waals surface area contributed by atoms with Gasteiger partial charge in [0, 0.05) is 23.2 Å². The highest BCUT2D eigenvalue weighted by atomic mass is 16.5. The monoisotopic (exact) mass is 365 g/mol. The fourth-order valence-corrected chi connectivity index (χ4v) is 4.88. The van der Waals surface area contributed by atoms with Gasteiger partial charge in [0.2, 0.25) is 0 Å². The van der Waals surface area contributed by atoms with Crippen LogP contribution in [0.25, 0.3) is 11.1 Å². The van der Waals surface area contributed by atoms with Gasteiger partial charge in [-0.3, -0.25) is 0 Å². The van der Waals surface area contributed by atoms with E-state index in [-0.39, 0.29) is 16.6 Å². The molecule has 4 rings (SSSR count). The van der Waals surface area contributed by atoms with Crippen LogP contribution >= 0.6 is 0 Å². The van der Waals surface area contributed by atoms with Crippen LogP contribution in [0.2, 0.25) is 0 Å². The summed E-state index contributed by atoms with van der Waals surface area (Å²) >= 11 is 0. The number of benzene rings is 1. The highest BCUT2D eigenvalue weighted by Crippen LogP contribution is 2.62. The summed E-state index contributed by atoms with van der Waals surface area (Å²) in [6.07, 6.45) is 2.96. The molecule has 3 N–H and O–H groups in total. The largest absolute Gasteiger partial charge is 0.465 e. The standard InChI is InChI=1S/C22H27N3O2/c1-21(2,3)20-22(10-16(22)12-25-20)15-7-5-13(6-8-15)14-9-17(19(26)27-4)18(23)24-11-14/h5-9,11,16,20,25H,10,12H2,1-4H3,(H2,23,24)/t16-,20?,22+/m1/s1. The first kappa shape index (κ1) is 18.0. The van der Waals surface area contributed by atoms with Gasteiger partial charge in [0.15, 0.2) is 0 Å². The van der Waals surface area contributed by atoms with Crippen LogP contribution in [0.15, 0.2) is 36.5 Å². The number of pyridine rings is 1. The van der Waals surface area contributed by atoms with Crippen molar-refractivity contribution in [3.8, 4) is 11.1 Å². The molecule has 1 aliphatic carbocycles. The van der Waals surface area contributed by atoms with Crippen LogP contribution in [0.3, 0.4) is 0 Å². The number of hydrogen-bond donors (Lipinski definition) is 2. The fraction of sp³-hybridized carbons (Fsp3) is 0.455. The van der Waals surface area contributed by atoms with Gasteiger partial charge in [-0.25, -0.2) is 9.78 Å². The van der Waals surface area contributed by atoms with Crippen LogP contribution < -0.4 is 11.1 Å². The van der Waals surface area contributed by atoms with Gasteiger partial charge in [-0.15, -0.1) is 0 Å². The second-order valence-corrected chi connectivity index (χ2v) is 8.87. The van der Waals surface area contributed by atoms with Gasteiger partial charge in [-0.1, -0.05) is 45.0 Å². The number of anilines is 1. The molecule has 0 spiro atoms. The molecule has 1 aromatic heterocycles. The molecular weight excluding hydrogens is 338 g/mol. The molecule has 1 unspecified atom stereocenters. The number of nitrogen functional groups attached to an aromatic ring is 1. The average Bonchev–Trinajstić information content (AvgIpc) is 3.24. The maximum Gasteiger partial charge on any atom is 0.341 e. The predicted molar refractivity (Wildman–Crippen MR) is 106 cm³/mol. The van der Waals surface area contributed by atoms with Crippen LogP contribution in [0.1, 0.15) is 43.1 Å². The van der Waals surface area contributed by atoms with E-state index in [0.29, 0.717) is 11.6 Å². The van der Waals surface area contributed by atoms with E-state index in [4.69, 9.17) is 10.5 Å². The Balaban J connectivity index is 1.65. The number of hydrogen-bond acceptors (Lipinski definition) is 5. The summed E-state index contributed by atoms with van der Waals surface area (Å²) < 4.78 is 4.79. The lowest BCUT2D eigenvalue weighted by Crippen LogP contribution is -2.44. The Morgan fingerprint density at radius 1 is 1.26 bits per heavy atom. The first-order chi connectivity index (χ1) is 12.8. The van der Waals surface area contributed by atoms with E-state index in [2.05, 4.69) is 55.3 Å². The molecule has 1 saturated carbocycles. The quantitative estimate of drug-likeness (QED) is 0.815. The Labute approximate surface area is 160 Å². The number of carbonyl (C=O) groups is 1. The Morgan fingerprint density at radius 2 is 1.96 bits per heavy atom. The number of carbonyl (C=O) groups excluding carboxylic acids is 1. The lowest BCUT2D eigenvalue weighted by molar-refractivity contribution is 0.0601. The summed E-state index contributed by atoms with van der Waals surface area (Å²) in [5.41, 5.74) is 9.87. The maximum absolute atomic E-state index is 11.9. The zero-order valence-corrected chi connectivity index (χ0v) is 16.4. The Kier molecular flexibility index (Phi) is 4.04. The molecule has 5 nitrogen and oxygen atoms in total. The zero-order chi connectivity index (χ0) is 19.4. The van der Waals surface area contributed by atoms with Crippen molar-refractivity contribution in [3.05, 3.63) is 47.7 Å². The van der Waals surface area contributed by atoms with Crippen molar-refractivity contribution in [2.75, 3.05) is 19.4 Å². The van der Waals surface area contributed by atoms with Crippen molar-refractivity contribution in [1.29, 1.82) is 0 Å². The van der Waals surface area contributed by atoms with Crippen molar-refractivity contribution >= 4 is 11.8 Å². The summed E-state index contributed by atoms with van der Waals surface area (Å²) in [4.78, 5) is 16.0. The molecule has 3 atom stereocenters. The minimum absolute atomic E-state index is 0.187. The molecular formula is C22H27N3O2. The molecule has 2 aromatic rings. The lowest BCUT2D eigenvalue weighted by atomic mass is 9.74. The summed E-state index contributed by atoms with van der Waals surface area (Å²) in [7, 11) is 1.34. The van der Waals surface area contributed by atoms with Crippen LogP contribution in [0, 0.1) is 11.3 Å². The second kappa shape index (κ2) is 6.06. The molecule has 0 bridgehead atoms. The van der Waals surface area contributed by atoms with Crippen molar-refractivity contribution in [1.82, 2.24) is 10.3 Å². The van der Waals surface area contributed by atoms with Crippen LogP contribution in [-0.4, -0.2) is 30.6 Å². The van der Waals surface area contributed by atoms with E-state index >= 15 is 0 Å². The van der Waals surface area contributed by atoms with Gasteiger partial charge in [-0.2, -0.15) is 0 Å². The van der Waals surface area contributed by atoms with Gasteiger partial charge >= 0.3 is 5.97 Å². The Morgan fingerprint density at radius 3 is 2.56 bits per heavy atom. The molecule has 0 radical (unpaired) electrons. The number of nitrogens with zero attached hydrogens (tertiary/aromatic N) is 1. The third-order valence-corrected chi connectivity index (χ3v) is 6.18. The molecule has 2 heterocycles. The molecule has 2 fully saturated rings. The van der Waals surface area contributed by atoms with Gasteiger partial charge < -0.3 is 15.8 Å². The van der Waals surface area contributed by atoms with E-state index in [1.54, 1.807) is 12.3 Å². The number of rotatable bonds is 3. The number of piperidine rings is 1. The van der Waals surface area contributed by atoms with Gasteiger partial charge in [0.05, 0.1) is 7.11 Å². The Hall–Kier alpha value is -2.40. The first-order valence-electron chi connectivity index (χ1n) is 9.45. The normalized spacial score (nSPS) is 26.5. The SMILES string of the molecule is COC(=O)c1cc(-c2ccc([C@@]34C[C@@H]3CNC4C(C)(C)C)cc2)cnc1N. The molecule has 142 valence electrons. The summed E-state index contributed by atoms with van der Waals surface area (Å²) in [5, 5.41) is 3.74. The molecule has 2 aliphatic rings. The molecule has 0 amide bonds. The van der Waals surface area contributed by atoms with Gasteiger partial charge in [0.1, 0.15) is 11.4 Å². The predicted octanol–water partition coefficient (Wildman–Crippen LogP) is 3.39. The molecule has 5 heteroatoms.